The van der Waals surface area contributed by atoms with E-state index in [1.165, 1.54) is 5.56 Å². The summed E-state index contributed by atoms with van der Waals surface area (Å²) in [6, 6.07) is 10.0. The van der Waals surface area contributed by atoms with Gasteiger partial charge in [0, 0.05) is 12.5 Å². The second-order valence-electron chi connectivity index (χ2n) is 5.53. The molecule has 2 saturated heterocycles. The Morgan fingerprint density at radius 2 is 1.75 bits per heavy atom. The maximum atomic E-state index is 8.80. The van der Waals surface area contributed by atoms with Crippen LogP contribution in [0.1, 0.15) is 24.0 Å². The summed E-state index contributed by atoms with van der Waals surface area (Å²) >= 11 is 0. The first-order valence-corrected chi connectivity index (χ1v) is 7.30. The van der Waals surface area contributed by atoms with Crippen molar-refractivity contribution in [3.63, 3.8) is 0 Å². The van der Waals surface area contributed by atoms with Gasteiger partial charge in [-0.15, -0.1) is 0 Å². The molecule has 2 aliphatic heterocycles. The minimum atomic E-state index is 0.0343. The van der Waals surface area contributed by atoms with E-state index in [0.717, 1.165) is 51.3 Å². The van der Waals surface area contributed by atoms with Gasteiger partial charge in [-0.05, 0) is 43.6 Å². The normalized spacial score (nSPS) is 21.9. The molecule has 0 amide bonds. The van der Waals surface area contributed by atoms with Gasteiger partial charge in [0.2, 0.25) is 0 Å². The standard InChI is InChI=1S/C16H20N2O2/c17-11-13-1-3-14(4-2-13)12-18-7-5-15(6-8-18)16-19-9-10-20-16/h1-4,15-16H,5-10,12H2. The van der Waals surface area contributed by atoms with Crippen LogP contribution in [0.25, 0.3) is 0 Å². The maximum Gasteiger partial charge on any atom is 0.160 e. The van der Waals surface area contributed by atoms with E-state index in [0.29, 0.717) is 5.92 Å². The van der Waals surface area contributed by atoms with Gasteiger partial charge in [0.1, 0.15) is 0 Å². The SMILES string of the molecule is N#Cc1ccc(CN2CCC(C3OCCO3)CC2)cc1. The highest BCUT2D eigenvalue weighted by Gasteiger charge is 2.30. The van der Waals surface area contributed by atoms with E-state index >= 15 is 0 Å². The molecular weight excluding hydrogens is 252 g/mol. The Bertz CT molecular complexity index is 466. The minimum Gasteiger partial charge on any atom is -0.350 e. The van der Waals surface area contributed by atoms with Crippen LogP contribution in [-0.4, -0.2) is 37.5 Å². The van der Waals surface area contributed by atoms with E-state index < -0.39 is 0 Å². The van der Waals surface area contributed by atoms with Crippen molar-refractivity contribution in [2.24, 2.45) is 5.92 Å². The fourth-order valence-electron chi connectivity index (χ4n) is 2.97. The molecule has 106 valence electrons. The third kappa shape index (κ3) is 3.18. The van der Waals surface area contributed by atoms with Crippen LogP contribution >= 0.6 is 0 Å². The van der Waals surface area contributed by atoms with Gasteiger partial charge in [-0.25, -0.2) is 0 Å². The van der Waals surface area contributed by atoms with E-state index in [-0.39, 0.29) is 6.29 Å². The van der Waals surface area contributed by atoms with Crippen molar-refractivity contribution >= 4 is 0 Å². The first kappa shape index (κ1) is 13.6. The average Bonchev–Trinajstić information content (AvgIpc) is 3.03. The van der Waals surface area contributed by atoms with Crippen LogP contribution in [0.15, 0.2) is 24.3 Å². The van der Waals surface area contributed by atoms with Gasteiger partial charge in [0.25, 0.3) is 0 Å². The lowest BCUT2D eigenvalue weighted by Gasteiger charge is -2.33. The molecule has 0 bridgehead atoms. The number of benzene rings is 1. The molecule has 1 aromatic carbocycles. The van der Waals surface area contributed by atoms with E-state index in [2.05, 4.69) is 11.0 Å². The van der Waals surface area contributed by atoms with Gasteiger partial charge in [0.05, 0.1) is 24.8 Å². The molecule has 0 aromatic heterocycles. The lowest BCUT2D eigenvalue weighted by atomic mass is 9.96. The van der Waals surface area contributed by atoms with Gasteiger partial charge in [0.15, 0.2) is 6.29 Å². The summed E-state index contributed by atoms with van der Waals surface area (Å²) in [5.74, 6) is 0.551. The Kier molecular flexibility index (Phi) is 4.31. The van der Waals surface area contributed by atoms with Gasteiger partial charge in [-0.3, -0.25) is 4.90 Å². The Hall–Kier alpha value is -1.41. The summed E-state index contributed by atoms with van der Waals surface area (Å²) in [4.78, 5) is 2.47. The molecule has 0 radical (unpaired) electrons. The average molecular weight is 272 g/mol. The van der Waals surface area contributed by atoms with Crippen molar-refractivity contribution in [1.29, 1.82) is 5.26 Å². The largest absolute Gasteiger partial charge is 0.350 e. The smallest absolute Gasteiger partial charge is 0.160 e. The van der Waals surface area contributed by atoms with Crippen molar-refractivity contribution in [2.75, 3.05) is 26.3 Å². The Labute approximate surface area is 119 Å². The number of likely N-dealkylation sites (tertiary alicyclic amines) is 1. The van der Waals surface area contributed by atoms with Gasteiger partial charge in [-0.2, -0.15) is 5.26 Å². The fraction of sp³-hybridized carbons (Fsp3) is 0.562. The van der Waals surface area contributed by atoms with Crippen LogP contribution in [0.5, 0.6) is 0 Å². The van der Waals surface area contributed by atoms with Gasteiger partial charge >= 0.3 is 0 Å². The molecule has 2 fully saturated rings. The second kappa shape index (κ2) is 6.36. The quantitative estimate of drug-likeness (QED) is 0.845. The molecule has 0 spiro atoms. The molecule has 3 rings (SSSR count). The fourth-order valence-corrected chi connectivity index (χ4v) is 2.97. The summed E-state index contributed by atoms with van der Waals surface area (Å²) in [6.07, 6.45) is 2.31. The van der Waals surface area contributed by atoms with E-state index in [1.54, 1.807) is 0 Å². The minimum absolute atomic E-state index is 0.0343. The van der Waals surface area contributed by atoms with Crippen LogP contribution in [0, 0.1) is 17.2 Å². The summed E-state index contributed by atoms with van der Waals surface area (Å²) < 4.78 is 11.2. The highest BCUT2D eigenvalue weighted by molar-refractivity contribution is 5.31. The second-order valence-corrected chi connectivity index (χ2v) is 5.53. The number of piperidine rings is 1. The molecule has 20 heavy (non-hydrogen) atoms. The number of nitriles is 1. The molecule has 0 N–H and O–H groups in total. The highest BCUT2D eigenvalue weighted by atomic mass is 16.7. The first-order chi connectivity index (χ1) is 9.85. The number of ether oxygens (including phenoxy) is 2. The predicted molar refractivity (Wildman–Crippen MR) is 74.9 cm³/mol. The molecule has 1 aromatic rings. The lowest BCUT2D eigenvalue weighted by molar-refractivity contribution is -0.0977. The van der Waals surface area contributed by atoms with Crippen molar-refractivity contribution in [3.05, 3.63) is 35.4 Å². The number of hydrogen-bond donors (Lipinski definition) is 0. The summed E-state index contributed by atoms with van der Waals surface area (Å²) in [7, 11) is 0. The predicted octanol–water partition coefficient (Wildman–Crippen LogP) is 2.14. The zero-order valence-corrected chi connectivity index (χ0v) is 11.6. The van der Waals surface area contributed by atoms with E-state index in [1.807, 2.05) is 24.3 Å². The molecule has 0 atom stereocenters. The van der Waals surface area contributed by atoms with Crippen molar-refractivity contribution in [3.8, 4) is 6.07 Å². The highest BCUT2D eigenvalue weighted by Crippen LogP contribution is 2.26. The van der Waals surface area contributed by atoms with Gasteiger partial charge < -0.3 is 9.47 Å². The van der Waals surface area contributed by atoms with Crippen LogP contribution in [-0.2, 0) is 16.0 Å². The summed E-state index contributed by atoms with van der Waals surface area (Å²) in [6.45, 7) is 4.64. The zero-order chi connectivity index (χ0) is 13.8. The Morgan fingerprint density at radius 3 is 2.35 bits per heavy atom. The van der Waals surface area contributed by atoms with Crippen molar-refractivity contribution in [1.82, 2.24) is 4.90 Å². The molecule has 0 unspecified atom stereocenters. The first-order valence-electron chi connectivity index (χ1n) is 7.30. The Balaban J connectivity index is 1.49. The molecule has 2 aliphatic rings. The third-order valence-electron chi connectivity index (χ3n) is 4.15. The van der Waals surface area contributed by atoms with Crippen molar-refractivity contribution in [2.45, 2.75) is 25.7 Å². The van der Waals surface area contributed by atoms with E-state index in [9.17, 15) is 0 Å². The third-order valence-corrected chi connectivity index (χ3v) is 4.15. The molecule has 0 saturated carbocycles. The Morgan fingerprint density at radius 1 is 1.10 bits per heavy atom. The van der Waals surface area contributed by atoms with Crippen LogP contribution in [0.2, 0.25) is 0 Å². The van der Waals surface area contributed by atoms with Gasteiger partial charge in [-0.1, -0.05) is 12.1 Å². The number of nitrogens with zero attached hydrogens (tertiary/aromatic N) is 2. The number of hydrogen-bond acceptors (Lipinski definition) is 4. The lowest BCUT2D eigenvalue weighted by Crippen LogP contribution is -2.37. The zero-order valence-electron chi connectivity index (χ0n) is 11.6. The molecule has 0 aliphatic carbocycles. The summed E-state index contributed by atoms with van der Waals surface area (Å²) in [5.41, 5.74) is 2.00. The molecule has 2 heterocycles. The number of rotatable bonds is 3. The van der Waals surface area contributed by atoms with Crippen molar-refractivity contribution < 1.29 is 9.47 Å². The molecule has 4 nitrogen and oxygen atoms in total. The maximum absolute atomic E-state index is 8.80. The molecule has 4 heteroatoms. The summed E-state index contributed by atoms with van der Waals surface area (Å²) in [5, 5.41) is 8.80. The monoisotopic (exact) mass is 272 g/mol. The van der Waals surface area contributed by atoms with Crippen LogP contribution in [0.4, 0.5) is 0 Å². The molecular formula is C16H20N2O2. The topological polar surface area (TPSA) is 45.5 Å². The van der Waals surface area contributed by atoms with Crippen LogP contribution in [0.3, 0.4) is 0 Å². The van der Waals surface area contributed by atoms with E-state index in [4.69, 9.17) is 14.7 Å². The van der Waals surface area contributed by atoms with Crippen LogP contribution < -0.4 is 0 Å².